The summed E-state index contributed by atoms with van der Waals surface area (Å²) in [5, 5.41) is 4.05. The van der Waals surface area contributed by atoms with Gasteiger partial charge in [-0.3, -0.25) is 9.36 Å². The third kappa shape index (κ3) is 2.11. The van der Waals surface area contributed by atoms with Crippen LogP contribution in [-0.4, -0.2) is 29.2 Å². The van der Waals surface area contributed by atoms with Gasteiger partial charge in [0.25, 0.3) is 5.56 Å². The van der Waals surface area contributed by atoms with Crippen LogP contribution in [0.5, 0.6) is 0 Å². The van der Waals surface area contributed by atoms with Gasteiger partial charge in [0.2, 0.25) is 5.89 Å². The molecule has 0 N–H and O–H groups in total. The monoisotopic (exact) mass is 300 g/mol. The van der Waals surface area contributed by atoms with E-state index in [0.717, 1.165) is 18.7 Å². The van der Waals surface area contributed by atoms with Crippen LogP contribution in [-0.2, 0) is 13.6 Å². The summed E-state index contributed by atoms with van der Waals surface area (Å²) in [5.41, 5.74) is 0.754. The largest absolute Gasteiger partial charge is 0.337 e. The Hall–Kier alpha value is -2.51. The Morgan fingerprint density at radius 1 is 1.27 bits per heavy atom. The van der Waals surface area contributed by atoms with E-state index in [2.05, 4.69) is 20.1 Å². The molecule has 0 radical (unpaired) electrons. The molecule has 4 rings (SSSR count). The number of fused-ring (bicyclic) bond motifs is 1. The molecular weight excluding hydrogens is 284 g/mol. The number of imidazole rings is 1. The summed E-state index contributed by atoms with van der Waals surface area (Å²) >= 11 is 0. The molecule has 1 aliphatic carbocycles. The van der Waals surface area contributed by atoms with E-state index in [1.54, 1.807) is 17.9 Å². The van der Waals surface area contributed by atoms with Gasteiger partial charge in [-0.2, -0.15) is 4.98 Å². The Morgan fingerprint density at radius 3 is 2.86 bits per heavy atom. The van der Waals surface area contributed by atoms with Crippen LogP contribution < -0.4 is 5.56 Å². The number of nitrogens with zero attached hydrogens (tertiary/aromatic N) is 6. The summed E-state index contributed by atoms with van der Waals surface area (Å²) in [5.74, 6) is 1.59. The SMILES string of the molecule is Cn1cnc2ncn(Cc3nc(C4CCCC4)no3)c(=O)c21. The van der Waals surface area contributed by atoms with E-state index in [-0.39, 0.29) is 12.1 Å². The normalized spacial score (nSPS) is 15.9. The lowest BCUT2D eigenvalue weighted by molar-refractivity contribution is 0.361. The molecule has 0 aliphatic heterocycles. The summed E-state index contributed by atoms with van der Waals surface area (Å²) in [6.07, 6.45) is 7.71. The van der Waals surface area contributed by atoms with Crippen molar-refractivity contribution in [3.63, 3.8) is 0 Å². The van der Waals surface area contributed by atoms with Crippen LogP contribution in [0.25, 0.3) is 11.2 Å². The van der Waals surface area contributed by atoms with E-state index >= 15 is 0 Å². The molecule has 0 amide bonds. The lowest BCUT2D eigenvalue weighted by atomic mass is 10.1. The Bertz CT molecular complexity index is 871. The van der Waals surface area contributed by atoms with E-state index in [4.69, 9.17) is 4.52 Å². The standard InChI is InChI=1S/C14H16N6O2/c1-19-7-15-13-11(19)14(21)20(8-16-13)6-10-17-12(18-22-10)9-4-2-3-5-9/h7-9H,2-6H2,1H3. The molecule has 0 aromatic carbocycles. The molecule has 0 atom stereocenters. The first-order valence-corrected chi connectivity index (χ1v) is 7.41. The first-order valence-electron chi connectivity index (χ1n) is 7.41. The molecule has 8 nitrogen and oxygen atoms in total. The van der Waals surface area contributed by atoms with Gasteiger partial charge in [0.05, 0.1) is 6.33 Å². The number of hydrogen-bond donors (Lipinski definition) is 0. The van der Waals surface area contributed by atoms with Gasteiger partial charge in [0, 0.05) is 13.0 Å². The van der Waals surface area contributed by atoms with Gasteiger partial charge in [0.1, 0.15) is 12.9 Å². The quantitative estimate of drug-likeness (QED) is 0.722. The van der Waals surface area contributed by atoms with Gasteiger partial charge in [-0.05, 0) is 12.8 Å². The second-order valence-corrected chi connectivity index (χ2v) is 5.73. The molecular formula is C14H16N6O2. The summed E-state index contributed by atoms with van der Waals surface area (Å²) < 4.78 is 8.42. The predicted octanol–water partition coefficient (Wildman–Crippen LogP) is 1.22. The van der Waals surface area contributed by atoms with Crippen molar-refractivity contribution in [3.8, 4) is 0 Å². The molecule has 0 spiro atoms. The zero-order chi connectivity index (χ0) is 15.1. The van der Waals surface area contributed by atoms with E-state index in [1.807, 2.05) is 0 Å². The third-order valence-electron chi connectivity index (χ3n) is 4.21. The molecule has 3 aromatic heterocycles. The maximum atomic E-state index is 12.5. The van der Waals surface area contributed by atoms with E-state index in [9.17, 15) is 4.79 Å². The molecule has 0 unspecified atom stereocenters. The smallest absolute Gasteiger partial charge is 0.280 e. The van der Waals surface area contributed by atoms with Crippen molar-refractivity contribution in [2.75, 3.05) is 0 Å². The Balaban J connectivity index is 1.64. The van der Waals surface area contributed by atoms with Gasteiger partial charge in [-0.25, -0.2) is 9.97 Å². The minimum atomic E-state index is -0.161. The topological polar surface area (TPSA) is 91.6 Å². The average Bonchev–Trinajstić information content (AvgIpc) is 3.23. The molecule has 22 heavy (non-hydrogen) atoms. The van der Waals surface area contributed by atoms with E-state index in [0.29, 0.717) is 23.0 Å². The first kappa shape index (κ1) is 13.2. The molecule has 3 heterocycles. The Morgan fingerprint density at radius 2 is 2.05 bits per heavy atom. The highest BCUT2D eigenvalue weighted by Crippen LogP contribution is 2.32. The van der Waals surface area contributed by atoms with Gasteiger partial charge < -0.3 is 9.09 Å². The highest BCUT2D eigenvalue weighted by molar-refractivity contribution is 5.68. The number of aryl methyl sites for hydroxylation is 1. The zero-order valence-corrected chi connectivity index (χ0v) is 12.3. The van der Waals surface area contributed by atoms with Gasteiger partial charge in [-0.15, -0.1) is 0 Å². The summed E-state index contributed by atoms with van der Waals surface area (Å²) in [6, 6.07) is 0. The van der Waals surface area contributed by atoms with Crippen LogP contribution in [0.1, 0.15) is 43.3 Å². The van der Waals surface area contributed by atoms with Gasteiger partial charge in [0.15, 0.2) is 17.0 Å². The fraction of sp³-hybridized carbons (Fsp3) is 0.500. The average molecular weight is 300 g/mol. The van der Waals surface area contributed by atoms with E-state index in [1.165, 1.54) is 23.7 Å². The van der Waals surface area contributed by atoms with Crippen LogP contribution in [0.4, 0.5) is 0 Å². The molecule has 3 aromatic rings. The molecule has 114 valence electrons. The van der Waals surface area contributed by atoms with Crippen molar-refractivity contribution >= 4 is 11.2 Å². The lowest BCUT2D eigenvalue weighted by Crippen LogP contribution is -2.22. The fourth-order valence-corrected chi connectivity index (χ4v) is 3.01. The summed E-state index contributed by atoms with van der Waals surface area (Å²) in [6.45, 7) is 0.229. The summed E-state index contributed by atoms with van der Waals surface area (Å²) in [7, 11) is 1.77. The third-order valence-corrected chi connectivity index (χ3v) is 4.21. The van der Waals surface area contributed by atoms with Crippen molar-refractivity contribution in [2.45, 2.75) is 38.1 Å². The molecule has 0 saturated heterocycles. The Labute approximate surface area is 125 Å². The van der Waals surface area contributed by atoms with Crippen LogP contribution in [0.15, 0.2) is 22.0 Å². The first-order chi connectivity index (χ1) is 10.7. The van der Waals surface area contributed by atoms with Crippen LogP contribution in [0.2, 0.25) is 0 Å². The van der Waals surface area contributed by atoms with Crippen molar-refractivity contribution in [1.82, 2.24) is 29.2 Å². The zero-order valence-electron chi connectivity index (χ0n) is 12.3. The van der Waals surface area contributed by atoms with Crippen molar-refractivity contribution in [1.29, 1.82) is 0 Å². The van der Waals surface area contributed by atoms with Gasteiger partial charge in [-0.1, -0.05) is 18.0 Å². The minimum Gasteiger partial charge on any atom is -0.337 e. The highest BCUT2D eigenvalue weighted by Gasteiger charge is 2.22. The fourth-order valence-electron chi connectivity index (χ4n) is 3.01. The predicted molar refractivity (Wildman–Crippen MR) is 77.4 cm³/mol. The van der Waals surface area contributed by atoms with Crippen LogP contribution >= 0.6 is 0 Å². The second kappa shape index (κ2) is 5.04. The maximum absolute atomic E-state index is 12.5. The molecule has 1 saturated carbocycles. The van der Waals surface area contributed by atoms with Crippen molar-refractivity contribution < 1.29 is 4.52 Å². The van der Waals surface area contributed by atoms with Crippen molar-refractivity contribution in [3.05, 3.63) is 34.7 Å². The second-order valence-electron chi connectivity index (χ2n) is 5.73. The molecule has 1 aliphatic rings. The highest BCUT2D eigenvalue weighted by atomic mass is 16.5. The number of aromatic nitrogens is 6. The van der Waals surface area contributed by atoms with E-state index < -0.39 is 0 Å². The maximum Gasteiger partial charge on any atom is 0.280 e. The van der Waals surface area contributed by atoms with Crippen LogP contribution in [0.3, 0.4) is 0 Å². The number of hydrogen-bond acceptors (Lipinski definition) is 6. The van der Waals surface area contributed by atoms with Crippen LogP contribution in [0, 0.1) is 0 Å². The molecule has 1 fully saturated rings. The van der Waals surface area contributed by atoms with Gasteiger partial charge >= 0.3 is 0 Å². The minimum absolute atomic E-state index is 0.161. The summed E-state index contributed by atoms with van der Waals surface area (Å²) in [4.78, 5) is 25.1. The molecule has 8 heteroatoms. The Kier molecular flexibility index (Phi) is 3.02. The molecule has 0 bridgehead atoms. The lowest BCUT2D eigenvalue weighted by Gasteiger charge is -2.02. The number of rotatable bonds is 3. The van der Waals surface area contributed by atoms with Crippen molar-refractivity contribution in [2.24, 2.45) is 7.05 Å².